The number of rotatable bonds is 3. The molecule has 0 saturated carbocycles. The molecule has 0 aliphatic carbocycles. The third kappa shape index (κ3) is 2.28. The summed E-state index contributed by atoms with van der Waals surface area (Å²) in [6, 6.07) is 0. The molecule has 9 nitrogen and oxygen atoms in total. The molecule has 19 heavy (non-hydrogen) atoms. The summed E-state index contributed by atoms with van der Waals surface area (Å²) in [7, 11) is 1.27. The summed E-state index contributed by atoms with van der Waals surface area (Å²) in [5.74, 6) is -0.110. The average Bonchev–Trinajstić information content (AvgIpc) is 2.67. The lowest BCUT2D eigenvalue weighted by Gasteiger charge is -2.17. The van der Waals surface area contributed by atoms with Gasteiger partial charge >= 0.3 is 5.69 Å². The summed E-state index contributed by atoms with van der Waals surface area (Å²) in [4.78, 5) is 25.1. The van der Waals surface area contributed by atoms with Crippen LogP contribution in [-0.4, -0.2) is 51.7 Å². The Morgan fingerprint density at radius 1 is 1.47 bits per heavy atom. The Labute approximate surface area is 107 Å². The van der Waals surface area contributed by atoms with Crippen molar-refractivity contribution in [3.63, 3.8) is 0 Å². The predicted molar refractivity (Wildman–Crippen MR) is 62.9 cm³/mol. The molecule has 2 rings (SSSR count). The molecule has 0 aromatic carbocycles. The first-order valence-electron chi connectivity index (χ1n) is 5.60. The number of H-pyrrole nitrogens is 1. The quantitative estimate of drug-likeness (QED) is 0.464. The summed E-state index contributed by atoms with van der Waals surface area (Å²) in [6.45, 7) is -0.00995. The number of nitrogens with zero attached hydrogens (tertiary/aromatic N) is 1. The van der Waals surface area contributed by atoms with Crippen LogP contribution in [0.25, 0.3) is 0 Å². The van der Waals surface area contributed by atoms with Gasteiger partial charge in [-0.25, -0.2) is 4.79 Å². The average molecular weight is 273 g/mol. The summed E-state index contributed by atoms with van der Waals surface area (Å²) >= 11 is 0. The van der Waals surface area contributed by atoms with Crippen LogP contribution in [-0.2, 0) is 4.74 Å². The van der Waals surface area contributed by atoms with E-state index in [1.165, 1.54) is 7.11 Å². The van der Waals surface area contributed by atoms with Gasteiger partial charge in [-0.05, 0) is 0 Å². The molecular formula is C10H15N3O6. The van der Waals surface area contributed by atoms with E-state index in [9.17, 15) is 19.8 Å². The fraction of sp³-hybridized carbons (Fsp3) is 0.600. The molecule has 1 aliphatic heterocycles. The maximum Gasteiger partial charge on any atom is 0.330 e. The Kier molecular flexibility index (Phi) is 3.71. The van der Waals surface area contributed by atoms with E-state index in [-0.39, 0.29) is 12.3 Å². The van der Waals surface area contributed by atoms with Crippen LogP contribution in [0.3, 0.4) is 0 Å². The SMILES string of the molecule is COc1cn([C@@H]2O[C@H](CN)C(O)C2O)c(=O)[nH]c1=O. The van der Waals surface area contributed by atoms with Gasteiger partial charge in [0.05, 0.1) is 13.3 Å². The highest BCUT2D eigenvalue weighted by molar-refractivity contribution is 5.12. The monoisotopic (exact) mass is 273 g/mol. The minimum absolute atomic E-state index is 0.00995. The van der Waals surface area contributed by atoms with Crippen LogP contribution in [0.15, 0.2) is 15.8 Å². The van der Waals surface area contributed by atoms with Crippen LogP contribution in [0.4, 0.5) is 0 Å². The smallest absolute Gasteiger partial charge is 0.330 e. The fourth-order valence-electron chi connectivity index (χ4n) is 1.96. The normalized spacial score (nSPS) is 30.5. The number of nitrogens with one attached hydrogen (secondary N) is 1. The second kappa shape index (κ2) is 5.13. The first kappa shape index (κ1) is 13.7. The van der Waals surface area contributed by atoms with E-state index < -0.39 is 35.8 Å². The number of aromatic nitrogens is 2. The summed E-state index contributed by atoms with van der Waals surface area (Å²) in [6.07, 6.45) is -3.35. The Hall–Kier alpha value is -1.68. The molecule has 1 fully saturated rings. The van der Waals surface area contributed by atoms with Crippen molar-refractivity contribution < 1.29 is 19.7 Å². The first-order valence-corrected chi connectivity index (χ1v) is 5.60. The Morgan fingerprint density at radius 2 is 2.16 bits per heavy atom. The Bertz CT molecular complexity index is 567. The number of aromatic amines is 1. The number of hydrogen-bond donors (Lipinski definition) is 4. The summed E-state index contributed by atoms with van der Waals surface area (Å²) in [5.41, 5.74) is 3.91. The van der Waals surface area contributed by atoms with Crippen LogP contribution in [0.2, 0.25) is 0 Å². The third-order valence-corrected chi connectivity index (χ3v) is 3.00. The van der Waals surface area contributed by atoms with E-state index in [0.29, 0.717) is 0 Å². The van der Waals surface area contributed by atoms with Crippen LogP contribution < -0.4 is 21.7 Å². The van der Waals surface area contributed by atoms with Crippen molar-refractivity contribution in [1.82, 2.24) is 9.55 Å². The number of hydrogen-bond acceptors (Lipinski definition) is 7. The van der Waals surface area contributed by atoms with Crippen LogP contribution >= 0.6 is 0 Å². The molecule has 0 radical (unpaired) electrons. The highest BCUT2D eigenvalue weighted by atomic mass is 16.6. The first-order chi connectivity index (χ1) is 8.99. The zero-order valence-electron chi connectivity index (χ0n) is 10.1. The van der Waals surface area contributed by atoms with Crippen molar-refractivity contribution in [3.8, 4) is 5.75 Å². The van der Waals surface area contributed by atoms with Crippen molar-refractivity contribution in [2.24, 2.45) is 5.73 Å². The van der Waals surface area contributed by atoms with Gasteiger partial charge in [0.1, 0.15) is 18.3 Å². The maximum absolute atomic E-state index is 11.7. The van der Waals surface area contributed by atoms with Gasteiger partial charge in [-0.2, -0.15) is 0 Å². The van der Waals surface area contributed by atoms with E-state index in [4.69, 9.17) is 15.2 Å². The highest BCUT2D eigenvalue weighted by Crippen LogP contribution is 2.27. The summed E-state index contributed by atoms with van der Waals surface area (Å²) in [5, 5.41) is 19.5. The minimum Gasteiger partial charge on any atom is -0.490 e. The highest BCUT2D eigenvalue weighted by Gasteiger charge is 2.43. The lowest BCUT2D eigenvalue weighted by Crippen LogP contribution is -2.38. The topological polar surface area (TPSA) is 140 Å². The Balaban J connectivity index is 2.43. The molecule has 1 aromatic rings. The lowest BCUT2D eigenvalue weighted by molar-refractivity contribution is -0.0375. The van der Waals surface area contributed by atoms with Gasteiger partial charge in [-0.15, -0.1) is 0 Å². The van der Waals surface area contributed by atoms with Crippen LogP contribution in [0.5, 0.6) is 5.75 Å². The largest absolute Gasteiger partial charge is 0.490 e. The van der Waals surface area contributed by atoms with E-state index in [1.807, 2.05) is 4.98 Å². The van der Waals surface area contributed by atoms with Crippen molar-refractivity contribution in [2.75, 3.05) is 13.7 Å². The zero-order chi connectivity index (χ0) is 14.2. The molecule has 4 atom stereocenters. The predicted octanol–water partition coefficient (Wildman–Crippen LogP) is -2.88. The molecule has 9 heteroatoms. The van der Waals surface area contributed by atoms with Gasteiger partial charge in [0.15, 0.2) is 6.23 Å². The molecule has 0 amide bonds. The van der Waals surface area contributed by atoms with Crippen LogP contribution in [0, 0.1) is 0 Å². The van der Waals surface area contributed by atoms with Gasteiger partial charge in [-0.1, -0.05) is 0 Å². The molecular weight excluding hydrogens is 258 g/mol. The molecule has 106 valence electrons. The fourth-order valence-corrected chi connectivity index (χ4v) is 1.96. The molecule has 1 aromatic heterocycles. The van der Waals surface area contributed by atoms with E-state index in [1.54, 1.807) is 0 Å². The van der Waals surface area contributed by atoms with Gasteiger partial charge in [-0.3, -0.25) is 14.3 Å². The minimum atomic E-state index is -1.33. The van der Waals surface area contributed by atoms with Crippen molar-refractivity contribution in [2.45, 2.75) is 24.5 Å². The van der Waals surface area contributed by atoms with Crippen molar-refractivity contribution in [1.29, 1.82) is 0 Å². The molecule has 1 saturated heterocycles. The molecule has 1 aliphatic rings. The number of aliphatic hydroxyl groups excluding tert-OH is 2. The molecule has 0 bridgehead atoms. The van der Waals surface area contributed by atoms with E-state index >= 15 is 0 Å². The van der Waals surface area contributed by atoms with Gasteiger partial charge in [0, 0.05) is 6.54 Å². The number of methoxy groups -OCH3 is 1. The molecule has 0 spiro atoms. The van der Waals surface area contributed by atoms with Crippen molar-refractivity contribution >= 4 is 0 Å². The van der Waals surface area contributed by atoms with E-state index in [2.05, 4.69) is 0 Å². The molecule has 2 heterocycles. The standard InChI is InChI=1S/C10H15N3O6/c1-18-5-3-13(10(17)12-8(5)16)9-7(15)6(14)4(2-11)19-9/h3-4,6-7,9,14-15H,2,11H2,1H3,(H,12,16,17)/t4-,6?,7?,9-/m1/s1. The number of ether oxygens (including phenoxy) is 2. The van der Waals surface area contributed by atoms with Gasteiger partial charge in [0.25, 0.3) is 5.56 Å². The second-order valence-corrected chi connectivity index (χ2v) is 4.15. The van der Waals surface area contributed by atoms with Crippen LogP contribution in [0.1, 0.15) is 6.23 Å². The second-order valence-electron chi connectivity index (χ2n) is 4.15. The third-order valence-electron chi connectivity index (χ3n) is 3.00. The summed E-state index contributed by atoms with van der Waals surface area (Å²) < 4.78 is 11.0. The molecule has 5 N–H and O–H groups in total. The lowest BCUT2D eigenvalue weighted by atomic mass is 10.1. The zero-order valence-corrected chi connectivity index (χ0v) is 10.1. The van der Waals surface area contributed by atoms with Gasteiger partial charge in [0.2, 0.25) is 5.75 Å². The Morgan fingerprint density at radius 3 is 2.68 bits per heavy atom. The maximum atomic E-state index is 11.7. The van der Waals surface area contributed by atoms with Crippen molar-refractivity contribution in [3.05, 3.63) is 27.0 Å². The van der Waals surface area contributed by atoms with Gasteiger partial charge < -0.3 is 25.4 Å². The number of nitrogens with two attached hydrogens (primary N) is 1. The number of aliphatic hydroxyl groups is 2. The van der Waals surface area contributed by atoms with E-state index in [0.717, 1.165) is 10.8 Å². The molecule has 2 unspecified atom stereocenters.